The number of benzene rings is 2. The van der Waals surface area contributed by atoms with Crippen molar-refractivity contribution in [3.05, 3.63) is 65.7 Å². The second kappa shape index (κ2) is 9.40. The molecule has 1 aliphatic rings. The molecule has 35 heavy (non-hydrogen) atoms. The second-order valence-corrected chi connectivity index (χ2v) is 11.4. The number of ether oxygens (including phenoxy) is 2. The van der Waals surface area contributed by atoms with Crippen LogP contribution in [0.5, 0.6) is 11.6 Å². The summed E-state index contributed by atoms with van der Waals surface area (Å²) < 4.78 is 67.1. The molecule has 0 amide bonds. The quantitative estimate of drug-likeness (QED) is 0.448. The number of nitrogens with one attached hydrogen (secondary N) is 1. The molecule has 1 aromatic heterocycles. The monoisotopic (exact) mass is 507 g/mol. The van der Waals surface area contributed by atoms with E-state index in [9.17, 15) is 17.4 Å². The summed E-state index contributed by atoms with van der Waals surface area (Å²) in [6.45, 7) is 9.07. The Hall–Kier alpha value is -2.69. The van der Waals surface area contributed by atoms with Crippen LogP contribution in [0.2, 0.25) is 0 Å². The van der Waals surface area contributed by atoms with Gasteiger partial charge in [0.05, 0.1) is 40.2 Å². The molecular formula is C25H28F3N3O3S. The van der Waals surface area contributed by atoms with E-state index >= 15 is 0 Å². The Morgan fingerprint density at radius 2 is 1.80 bits per heavy atom. The van der Waals surface area contributed by atoms with E-state index in [0.29, 0.717) is 19.8 Å². The van der Waals surface area contributed by atoms with Gasteiger partial charge in [-0.1, -0.05) is 18.2 Å². The van der Waals surface area contributed by atoms with Crippen molar-refractivity contribution in [3.63, 3.8) is 0 Å². The standard InChI is InChI=1S/C25H28F3N3O3S/c1-5-31-21(14-22(29-31)34-20-11-9-18(10-12-20)25(26,27)28)17-7-6-8-19(13-17)24(15-33-16-24)30-35(32)23(2,3)4/h6-14,30H,5,15-16H2,1-4H3. The van der Waals surface area contributed by atoms with Gasteiger partial charge in [-0.25, -0.2) is 8.93 Å². The molecule has 4 rings (SSSR count). The van der Waals surface area contributed by atoms with Gasteiger partial charge in [0, 0.05) is 18.2 Å². The number of alkyl halides is 3. The number of halogens is 3. The van der Waals surface area contributed by atoms with Crippen molar-refractivity contribution >= 4 is 11.0 Å². The van der Waals surface area contributed by atoms with Crippen molar-refractivity contribution in [1.82, 2.24) is 14.5 Å². The molecule has 0 radical (unpaired) electrons. The zero-order chi connectivity index (χ0) is 25.4. The fraction of sp³-hybridized carbons (Fsp3) is 0.400. The first-order chi connectivity index (χ1) is 16.4. The third-order valence-electron chi connectivity index (χ3n) is 5.71. The van der Waals surface area contributed by atoms with Crippen molar-refractivity contribution in [2.24, 2.45) is 0 Å². The predicted octanol–water partition coefficient (Wildman–Crippen LogP) is 5.66. The van der Waals surface area contributed by atoms with Crippen LogP contribution in [0.15, 0.2) is 54.6 Å². The lowest BCUT2D eigenvalue weighted by atomic mass is 9.88. The smallest absolute Gasteiger partial charge is 0.416 e. The summed E-state index contributed by atoms with van der Waals surface area (Å²) in [5, 5.41) is 4.46. The molecule has 0 aliphatic carbocycles. The fourth-order valence-corrected chi connectivity index (χ4v) is 4.54. The lowest BCUT2D eigenvalue weighted by Gasteiger charge is -2.43. The van der Waals surface area contributed by atoms with Crippen molar-refractivity contribution in [3.8, 4) is 22.9 Å². The summed E-state index contributed by atoms with van der Waals surface area (Å²) in [6.07, 6.45) is -4.41. The molecule has 1 N–H and O–H groups in total. The van der Waals surface area contributed by atoms with Crippen LogP contribution in [-0.4, -0.2) is 32.0 Å². The summed E-state index contributed by atoms with van der Waals surface area (Å²) in [4.78, 5) is 0. The van der Waals surface area contributed by atoms with Crippen molar-refractivity contribution in [2.75, 3.05) is 13.2 Å². The molecule has 1 atom stereocenters. The first-order valence-electron chi connectivity index (χ1n) is 11.2. The average molecular weight is 508 g/mol. The fourth-order valence-electron chi connectivity index (χ4n) is 3.65. The lowest BCUT2D eigenvalue weighted by molar-refractivity contribution is -0.137. The maximum absolute atomic E-state index is 12.8. The van der Waals surface area contributed by atoms with E-state index in [4.69, 9.17) is 9.47 Å². The Bertz CT molecular complexity index is 1210. The summed E-state index contributed by atoms with van der Waals surface area (Å²) in [5.41, 5.74) is 1.34. The average Bonchev–Trinajstić information content (AvgIpc) is 3.18. The highest BCUT2D eigenvalue weighted by molar-refractivity contribution is 7.84. The minimum atomic E-state index is -4.41. The molecule has 1 aliphatic heterocycles. The van der Waals surface area contributed by atoms with Crippen LogP contribution < -0.4 is 9.46 Å². The number of nitrogens with zero attached hydrogens (tertiary/aromatic N) is 2. The van der Waals surface area contributed by atoms with Gasteiger partial charge < -0.3 is 9.47 Å². The van der Waals surface area contributed by atoms with Crippen LogP contribution in [0, 0.1) is 0 Å². The van der Waals surface area contributed by atoms with E-state index in [0.717, 1.165) is 29.0 Å². The molecule has 3 aromatic rings. The molecule has 6 nitrogen and oxygen atoms in total. The number of rotatable bonds is 7. The Labute approximate surface area is 205 Å². The van der Waals surface area contributed by atoms with E-state index in [-0.39, 0.29) is 11.6 Å². The number of aryl methyl sites for hydroxylation is 1. The molecule has 0 bridgehead atoms. The summed E-state index contributed by atoms with van der Waals surface area (Å²) >= 11 is 0. The van der Waals surface area contributed by atoms with Crippen LogP contribution in [0.1, 0.15) is 38.8 Å². The van der Waals surface area contributed by atoms with E-state index in [1.165, 1.54) is 12.1 Å². The largest absolute Gasteiger partial charge is 0.438 e. The second-order valence-electron chi connectivity index (χ2n) is 9.45. The van der Waals surface area contributed by atoms with E-state index in [1.807, 2.05) is 52.0 Å². The highest BCUT2D eigenvalue weighted by Gasteiger charge is 2.43. The number of hydrogen-bond acceptors (Lipinski definition) is 4. The minimum absolute atomic E-state index is 0.262. The molecule has 188 valence electrons. The number of aromatic nitrogens is 2. The number of hydrogen-bond donors (Lipinski definition) is 1. The van der Waals surface area contributed by atoms with Crippen LogP contribution in [-0.2, 0) is 34.0 Å². The van der Waals surface area contributed by atoms with Crippen LogP contribution in [0.25, 0.3) is 11.3 Å². The highest BCUT2D eigenvalue weighted by atomic mass is 32.2. The molecule has 0 saturated carbocycles. The van der Waals surface area contributed by atoms with Gasteiger partial charge in [-0.2, -0.15) is 13.2 Å². The Morgan fingerprint density at radius 1 is 1.11 bits per heavy atom. The highest BCUT2D eigenvalue weighted by Crippen LogP contribution is 2.35. The topological polar surface area (TPSA) is 65.4 Å². The van der Waals surface area contributed by atoms with Crippen molar-refractivity contribution in [2.45, 2.75) is 50.7 Å². The van der Waals surface area contributed by atoms with Gasteiger partial charge >= 0.3 is 6.18 Å². The molecule has 1 saturated heterocycles. The van der Waals surface area contributed by atoms with Crippen molar-refractivity contribution < 1.29 is 26.9 Å². The van der Waals surface area contributed by atoms with Gasteiger partial charge in [0.15, 0.2) is 0 Å². The maximum Gasteiger partial charge on any atom is 0.416 e. The van der Waals surface area contributed by atoms with E-state index in [1.54, 1.807) is 10.7 Å². The first kappa shape index (κ1) is 25.4. The Balaban J connectivity index is 1.60. The first-order valence-corrected chi connectivity index (χ1v) is 12.4. The van der Waals surface area contributed by atoms with Gasteiger partial charge in [-0.05, 0) is 63.6 Å². The van der Waals surface area contributed by atoms with Gasteiger partial charge in [0.1, 0.15) is 11.3 Å². The zero-order valence-electron chi connectivity index (χ0n) is 20.0. The zero-order valence-corrected chi connectivity index (χ0v) is 20.8. The molecule has 2 aromatic carbocycles. The van der Waals surface area contributed by atoms with E-state index < -0.39 is 33.0 Å². The van der Waals surface area contributed by atoms with Gasteiger partial charge in [0.2, 0.25) is 5.88 Å². The van der Waals surface area contributed by atoms with Gasteiger partial charge in [-0.15, -0.1) is 5.10 Å². The maximum atomic E-state index is 12.8. The van der Waals surface area contributed by atoms with Gasteiger partial charge in [0.25, 0.3) is 0 Å². The van der Waals surface area contributed by atoms with Gasteiger partial charge in [-0.3, -0.25) is 4.68 Å². The summed E-state index contributed by atoms with van der Waals surface area (Å²) in [5.74, 6) is 0.541. The normalized spacial score (nSPS) is 16.5. The molecule has 10 heteroatoms. The molecule has 0 spiro atoms. The molecule has 1 unspecified atom stereocenters. The van der Waals surface area contributed by atoms with Crippen LogP contribution >= 0.6 is 0 Å². The Morgan fingerprint density at radius 3 is 2.34 bits per heavy atom. The molecular weight excluding hydrogens is 479 g/mol. The van der Waals surface area contributed by atoms with E-state index in [2.05, 4.69) is 9.82 Å². The summed E-state index contributed by atoms with van der Waals surface area (Å²) in [7, 11) is -1.28. The Kier molecular flexibility index (Phi) is 6.82. The molecule has 2 heterocycles. The van der Waals surface area contributed by atoms with Crippen molar-refractivity contribution in [1.29, 1.82) is 0 Å². The van der Waals surface area contributed by atoms with Crippen LogP contribution in [0.3, 0.4) is 0 Å². The van der Waals surface area contributed by atoms with Crippen LogP contribution in [0.4, 0.5) is 13.2 Å². The third-order valence-corrected chi connectivity index (χ3v) is 7.40. The lowest BCUT2D eigenvalue weighted by Crippen LogP contribution is -2.59. The third kappa shape index (κ3) is 5.44. The molecule has 1 fully saturated rings. The predicted molar refractivity (Wildman–Crippen MR) is 128 cm³/mol. The summed E-state index contributed by atoms with van der Waals surface area (Å²) in [6, 6.07) is 14.1. The minimum Gasteiger partial charge on any atom is -0.438 e. The SMILES string of the molecule is CCn1nc(Oc2ccc(C(F)(F)F)cc2)cc1-c1cccc(C2(NS(=O)C(C)(C)C)COC2)c1.